The fourth-order valence-corrected chi connectivity index (χ4v) is 2.30. The number of methoxy groups -OCH3 is 1. The van der Waals surface area contributed by atoms with Gasteiger partial charge in [0.05, 0.1) is 7.11 Å². The van der Waals surface area contributed by atoms with E-state index in [4.69, 9.17) is 4.74 Å². The molecule has 0 spiro atoms. The number of halogens is 1. The highest BCUT2D eigenvalue weighted by atomic mass is 79.9. The number of hydrogen-bond acceptors (Lipinski definition) is 1. The lowest BCUT2D eigenvalue weighted by atomic mass is 9.99. The van der Waals surface area contributed by atoms with Crippen LogP contribution < -0.4 is 4.74 Å². The second-order valence-electron chi connectivity index (χ2n) is 3.63. The Labute approximate surface area is 104 Å². The summed E-state index contributed by atoms with van der Waals surface area (Å²) in [6.45, 7) is 2.09. The highest BCUT2D eigenvalue weighted by Crippen LogP contribution is 2.36. The van der Waals surface area contributed by atoms with E-state index in [1.807, 2.05) is 30.3 Å². The van der Waals surface area contributed by atoms with Crippen LogP contribution >= 0.6 is 15.9 Å². The first-order valence-electron chi connectivity index (χ1n) is 5.12. The van der Waals surface area contributed by atoms with Crippen molar-refractivity contribution in [3.8, 4) is 16.9 Å². The van der Waals surface area contributed by atoms with Gasteiger partial charge in [0, 0.05) is 10.0 Å². The average molecular weight is 277 g/mol. The first-order chi connectivity index (χ1) is 7.74. The first-order valence-corrected chi connectivity index (χ1v) is 5.92. The van der Waals surface area contributed by atoms with Gasteiger partial charge in [-0.3, -0.25) is 0 Å². The van der Waals surface area contributed by atoms with E-state index in [1.165, 1.54) is 5.56 Å². The third-order valence-electron chi connectivity index (χ3n) is 2.60. The molecule has 0 bridgehead atoms. The van der Waals surface area contributed by atoms with Gasteiger partial charge < -0.3 is 4.74 Å². The Morgan fingerprint density at radius 1 is 1.00 bits per heavy atom. The van der Waals surface area contributed by atoms with E-state index in [2.05, 4.69) is 35.0 Å². The van der Waals surface area contributed by atoms with Crippen LogP contribution in [-0.2, 0) is 0 Å². The van der Waals surface area contributed by atoms with Crippen molar-refractivity contribution in [1.82, 2.24) is 0 Å². The molecule has 0 amide bonds. The van der Waals surface area contributed by atoms with Gasteiger partial charge in [0.25, 0.3) is 0 Å². The Morgan fingerprint density at radius 3 is 2.44 bits per heavy atom. The molecule has 0 atom stereocenters. The maximum absolute atomic E-state index is 5.41. The van der Waals surface area contributed by atoms with E-state index >= 15 is 0 Å². The molecular formula is C14H13BrO. The normalized spacial score (nSPS) is 10.2. The van der Waals surface area contributed by atoms with Gasteiger partial charge in [-0.25, -0.2) is 0 Å². The van der Waals surface area contributed by atoms with Crippen LogP contribution in [0, 0.1) is 6.92 Å². The standard InChI is InChI=1S/C14H13BrO/c1-10-6-5-9-13(16-2)14(10)11-7-3-4-8-12(11)15/h3-9H,1-2H3. The average Bonchev–Trinajstić information content (AvgIpc) is 2.30. The molecule has 0 unspecified atom stereocenters. The van der Waals surface area contributed by atoms with Crippen molar-refractivity contribution in [2.75, 3.05) is 7.11 Å². The highest BCUT2D eigenvalue weighted by molar-refractivity contribution is 9.10. The van der Waals surface area contributed by atoms with Crippen molar-refractivity contribution in [3.63, 3.8) is 0 Å². The minimum absolute atomic E-state index is 0.909. The third-order valence-corrected chi connectivity index (χ3v) is 3.29. The van der Waals surface area contributed by atoms with E-state index in [1.54, 1.807) is 7.11 Å². The molecule has 0 fully saturated rings. The Morgan fingerprint density at radius 2 is 1.75 bits per heavy atom. The summed E-state index contributed by atoms with van der Waals surface area (Å²) in [5.41, 5.74) is 3.53. The van der Waals surface area contributed by atoms with Gasteiger partial charge in [0.15, 0.2) is 0 Å². The smallest absolute Gasteiger partial charge is 0.126 e. The molecule has 0 saturated carbocycles. The Kier molecular flexibility index (Phi) is 3.30. The first kappa shape index (κ1) is 11.2. The van der Waals surface area contributed by atoms with E-state index < -0.39 is 0 Å². The predicted octanol–water partition coefficient (Wildman–Crippen LogP) is 4.43. The number of ether oxygens (including phenoxy) is 1. The molecule has 0 aromatic heterocycles. The van der Waals surface area contributed by atoms with Crippen molar-refractivity contribution >= 4 is 15.9 Å². The second-order valence-corrected chi connectivity index (χ2v) is 4.49. The SMILES string of the molecule is COc1cccc(C)c1-c1ccccc1Br. The van der Waals surface area contributed by atoms with Crippen molar-refractivity contribution in [2.24, 2.45) is 0 Å². The summed E-state index contributed by atoms with van der Waals surface area (Å²) in [6.07, 6.45) is 0. The fourth-order valence-electron chi connectivity index (χ4n) is 1.82. The fraction of sp³-hybridized carbons (Fsp3) is 0.143. The van der Waals surface area contributed by atoms with E-state index in [0.717, 1.165) is 21.3 Å². The van der Waals surface area contributed by atoms with E-state index in [9.17, 15) is 0 Å². The van der Waals surface area contributed by atoms with Crippen LogP contribution in [0.4, 0.5) is 0 Å². The van der Waals surface area contributed by atoms with Gasteiger partial charge in [0.2, 0.25) is 0 Å². The zero-order valence-corrected chi connectivity index (χ0v) is 10.9. The molecule has 0 radical (unpaired) electrons. The third kappa shape index (κ3) is 1.98. The van der Waals surface area contributed by atoms with Crippen LogP contribution in [0.25, 0.3) is 11.1 Å². The molecule has 0 saturated heterocycles. The molecule has 2 rings (SSSR count). The summed E-state index contributed by atoms with van der Waals surface area (Å²) in [4.78, 5) is 0. The minimum Gasteiger partial charge on any atom is -0.496 e. The number of hydrogen-bond donors (Lipinski definition) is 0. The van der Waals surface area contributed by atoms with Crippen LogP contribution in [0.15, 0.2) is 46.9 Å². The maximum Gasteiger partial charge on any atom is 0.126 e. The van der Waals surface area contributed by atoms with Gasteiger partial charge in [-0.15, -0.1) is 0 Å². The van der Waals surface area contributed by atoms with Gasteiger partial charge in [-0.2, -0.15) is 0 Å². The van der Waals surface area contributed by atoms with Crippen molar-refractivity contribution in [3.05, 3.63) is 52.5 Å². The lowest BCUT2D eigenvalue weighted by Gasteiger charge is -2.12. The molecule has 16 heavy (non-hydrogen) atoms. The minimum atomic E-state index is 0.909. The number of benzene rings is 2. The summed E-state index contributed by atoms with van der Waals surface area (Å²) in [5, 5.41) is 0. The molecule has 0 aliphatic rings. The predicted molar refractivity (Wildman–Crippen MR) is 70.9 cm³/mol. The molecule has 0 heterocycles. The van der Waals surface area contributed by atoms with Gasteiger partial charge in [0.1, 0.15) is 5.75 Å². The largest absolute Gasteiger partial charge is 0.496 e. The Balaban J connectivity index is 2.68. The molecule has 1 nitrogen and oxygen atoms in total. The quantitative estimate of drug-likeness (QED) is 0.788. The van der Waals surface area contributed by atoms with Crippen molar-refractivity contribution in [1.29, 1.82) is 0 Å². The lowest BCUT2D eigenvalue weighted by Crippen LogP contribution is -1.91. The molecule has 82 valence electrons. The number of aryl methyl sites for hydroxylation is 1. The molecule has 2 aromatic carbocycles. The highest BCUT2D eigenvalue weighted by Gasteiger charge is 2.10. The maximum atomic E-state index is 5.41. The molecule has 0 aliphatic heterocycles. The zero-order chi connectivity index (χ0) is 11.5. The second kappa shape index (κ2) is 4.71. The zero-order valence-electron chi connectivity index (χ0n) is 9.33. The van der Waals surface area contributed by atoms with Gasteiger partial charge in [-0.05, 0) is 30.2 Å². The van der Waals surface area contributed by atoms with Gasteiger partial charge >= 0.3 is 0 Å². The molecular weight excluding hydrogens is 264 g/mol. The monoisotopic (exact) mass is 276 g/mol. The van der Waals surface area contributed by atoms with Crippen molar-refractivity contribution in [2.45, 2.75) is 6.92 Å². The van der Waals surface area contributed by atoms with Crippen LogP contribution in [-0.4, -0.2) is 7.11 Å². The summed E-state index contributed by atoms with van der Waals surface area (Å²) in [5.74, 6) is 0.909. The molecule has 0 aliphatic carbocycles. The molecule has 2 aromatic rings. The topological polar surface area (TPSA) is 9.23 Å². The van der Waals surface area contributed by atoms with Crippen LogP contribution in [0.2, 0.25) is 0 Å². The Bertz CT molecular complexity index is 506. The van der Waals surface area contributed by atoms with Crippen molar-refractivity contribution < 1.29 is 4.74 Å². The van der Waals surface area contributed by atoms with Crippen LogP contribution in [0.5, 0.6) is 5.75 Å². The van der Waals surface area contributed by atoms with E-state index in [-0.39, 0.29) is 0 Å². The molecule has 2 heteroatoms. The summed E-state index contributed by atoms with van der Waals surface area (Å²) < 4.78 is 6.50. The summed E-state index contributed by atoms with van der Waals surface area (Å²) in [7, 11) is 1.70. The van der Waals surface area contributed by atoms with Crippen LogP contribution in [0.3, 0.4) is 0 Å². The van der Waals surface area contributed by atoms with Crippen LogP contribution in [0.1, 0.15) is 5.56 Å². The summed E-state index contributed by atoms with van der Waals surface area (Å²) >= 11 is 3.57. The Hall–Kier alpha value is -1.28. The van der Waals surface area contributed by atoms with Gasteiger partial charge in [-0.1, -0.05) is 46.3 Å². The summed E-state index contributed by atoms with van der Waals surface area (Å²) in [6, 6.07) is 14.3. The lowest BCUT2D eigenvalue weighted by molar-refractivity contribution is 0.416. The number of rotatable bonds is 2. The molecule has 0 N–H and O–H groups in total. The van der Waals surface area contributed by atoms with E-state index in [0.29, 0.717) is 0 Å².